The molecule has 20 heavy (non-hydrogen) atoms. The highest BCUT2D eigenvalue weighted by Crippen LogP contribution is 2.32. The van der Waals surface area contributed by atoms with Gasteiger partial charge in [-0.15, -0.1) is 0 Å². The predicted octanol–water partition coefficient (Wildman–Crippen LogP) is 4.56. The second kappa shape index (κ2) is 5.66. The minimum absolute atomic E-state index is 0.118. The van der Waals surface area contributed by atoms with Crippen LogP contribution in [0.3, 0.4) is 0 Å². The Morgan fingerprint density at radius 3 is 2.30 bits per heavy atom. The van der Waals surface area contributed by atoms with Gasteiger partial charge in [-0.25, -0.2) is 0 Å². The maximum atomic E-state index is 12.6. The number of nitriles is 1. The van der Waals surface area contributed by atoms with Gasteiger partial charge in [-0.2, -0.15) is 18.4 Å². The molecule has 0 aliphatic rings. The Kier molecular flexibility index (Phi) is 3.94. The smallest absolute Gasteiger partial charge is 0.416 e. The first-order valence-electron chi connectivity index (χ1n) is 5.80. The van der Waals surface area contributed by atoms with Crippen LogP contribution in [0.1, 0.15) is 11.1 Å². The Morgan fingerprint density at radius 2 is 1.70 bits per heavy atom. The number of halogens is 3. The van der Waals surface area contributed by atoms with Gasteiger partial charge in [0.25, 0.3) is 0 Å². The van der Waals surface area contributed by atoms with E-state index in [1.54, 1.807) is 24.3 Å². The molecule has 0 fully saturated rings. The molecule has 0 atom stereocenters. The van der Waals surface area contributed by atoms with Gasteiger partial charge in [0.15, 0.2) is 0 Å². The summed E-state index contributed by atoms with van der Waals surface area (Å²) in [7, 11) is 0. The van der Waals surface area contributed by atoms with E-state index in [-0.39, 0.29) is 12.2 Å². The fourth-order valence-corrected chi connectivity index (χ4v) is 1.64. The number of hydrogen-bond donors (Lipinski definition) is 0. The molecule has 2 aromatic carbocycles. The second-order valence-electron chi connectivity index (χ2n) is 4.11. The van der Waals surface area contributed by atoms with Gasteiger partial charge in [-0.3, -0.25) is 0 Å². The molecule has 0 bridgehead atoms. The van der Waals surface area contributed by atoms with Gasteiger partial charge >= 0.3 is 6.18 Å². The van der Waals surface area contributed by atoms with E-state index in [9.17, 15) is 13.2 Å². The maximum absolute atomic E-state index is 12.6. The Balaban J connectivity index is 2.16. The van der Waals surface area contributed by atoms with Crippen LogP contribution in [0.4, 0.5) is 13.2 Å². The molecule has 2 rings (SSSR count). The van der Waals surface area contributed by atoms with E-state index >= 15 is 0 Å². The van der Waals surface area contributed by atoms with Crippen LogP contribution in [0.15, 0.2) is 48.5 Å². The highest BCUT2D eigenvalue weighted by atomic mass is 19.4. The molecule has 0 heterocycles. The van der Waals surface area contributed by atoms with Crippen molar-refractivity contribution in [2.45, 2.75) is 12.6 Å². The van der Waals surface area contributed by atoms with Crippen LogP contribution < -0.4 is 4.74 Å². The summed E-state index contributed by atoms with van der Waals surface area (Å²) in [5, 5.41) is 8.54. The number of nitrogens with zero attached hydrogens (tertiary/aromatic N) is 1. The van der Waals surface area contributed by atoms with Gasteiger partial charge < -0.3 is 4.74 Å². The number of rotatable bonds is 3. The lowest BCUT2D eigenvalue weighted by Crippen LogP contribution is -2.04. The molecule has 0 N–H and O–H groups in total. The van der Waals surface area contributed by atoms with Gasteiger partial charge in [0, 0.05) is 0 Å². The summed E-state index contributed by atoms with van der Waals surface area (Å²) < 4.78 is 43.0. The molecule has 5 heteroatoms. The number of hydrogen-bond acceptors (Lipinski definition) is 2. The van der Waals surface area contributed by atoms with Crippen LogP contribution in [-0.4, -0.2) is 0 Å². The first-order valence-corrected chi connectivity index (χ1v) is 5.80. The fourth-order valence-electron chi connectivity index (χ4n) is 1.64. The maximum Gasteiger partial charge on any atom is 0.416 e. The third-order valence-electron chi connectivity index (χ3n) is 2.60. The van der Waals surface area contributed by atoms with E-state index in [4.69, 9.17) is 10.00 Å². The van der Waals surface area contributed by atoms with Crippen molar-refractivity contribution in [3.63, 3.8) is 0 Å². The topological polar surface area (TPSA) is 33.0 Å². The van der Waals surface area contributed by atoms with Crippen LogP contribution in [0.5, 0.6) is 11.5 Å². The largest absolute Gasteiger partial charge is 0.457 e. The molecule has 0 aromatic heterocycles. The Bertz CT molecular complexity index is 627. The van der Waals surface area contributed by atoms with Gasteiger partial charge in [-0.1, -0.05) is 18.2 Å². The zero-order valence-electron chi connectivity index (χ0n) is 10.3. The van der Waals surface area contributed by atoms with Gasteiger partial charge in [0.05, 0.1) is 18.1 Å². The molecule has 0 amide bonds. The molecule has 102 valence electrons. The SMILES string of the molecule is N#CCc1ccc(Oc2cccc(C(F)(F)F)c2)cc1. The van der Waals surface area contributed by atoms with E-state index in [0.29, 0.717) is 5.75 Å². The number of benzene rings is 2. The molecular weight excluding hydrogens is 267 g/mol. The Morgan fingerprint density at radius 1 is 1.00 bits per heavy atom. The summed E-state index contributed by atoms with van der Waals surface area (Å²) in [6.45, 7) is 0. The van der Waals surface area contributed by atoms with Gasteiger partial charge in [0.1, 0.15) is 11.5 Å². The monoisotopic (exact) mass is 277 g/mol. The van der Waals surface area contributed by atoms with Crippen molar-refractivity contribution >= 4 is 0 Å². The molecule has 0 radical (unpaired) electrons. The zero-order valence-corrected chi connectivity index (χ0v) is 10.3. The van der Waals surface area contributed by atoms with Crippen LogP contribution in [0, 0.1) is 11.3 Å². The second-order valence-corrected chi connectivity index (χ2v) is 4.11. The summed E-state index contributed by atoms with van der Waals surface area (Å²) in [6.07, 6.45) is -4.11. The van der Waals surface area contributed by atoms with Crippen LogP contribution >= 0.6 is 0 Å². The molecule has 2 aromatic rings. The third-order valence-corrected chi connectivity index (χ3v) is 2.60. The lowest BCUT2D eigenvalue weighted by molar-refractivity contribution is -0.137. The summed E-state index contributed by atoms with van der Waals surface area (Å²) in [5.41, 5.74) is 0.0694. The molecule has 0 spiro atoms. The Hall–Kier alpha value is -2.48. The van der Waals surface area contributed by atoms with Crippen molar-refractivity contribution in [2.24, 2.45) is 0 Å². The lowest BCUT2D eigenvalue weighted by atomic mass is 10.1. The fraction of sp³-hybridized carbons (Fsp3) is 0.133. The highest BCUT2D eigenvalue weighted by molar-refractivity contribution is 5.36. The van der Waals surface area contributed by atoms with Gasteiger partial charge in [-0.05, 0) is 35.9 Å². The average molecular weight is 277 g/mol. The molecule has 0 unspecified atom stereocenters. The number of ether oxygens (including phenoxy) is 1. The summed E-state index contributed by atoms with van der Waals surface area (Å²) >= 11 is 0. The quantitative estimate of drug-likeness (QED) is 0.823. The van der Waals surface area contributed by atoms with E-state index in [1.807, 2.05) is 6.07 Å². The summed E-state index contributed by atoms with van der Waals surface area (Å²) in [5.74, 6) is 0.541. The first kappa shape index (κ1) is 13.9. The molecular formula is C15H10F3NO. The lowest BCUT2D eigenvalue weighted by Gasteiger charge is -2.10. The van der Waals surface area contributed by atoms with E-state index in [2.05, 4.69) is 0 Å². The first-order chi connectivity index (χ1) is 9.49. The number of alkyl halides is 3. The van der Waals surface area contributed by atoms with Crippen LogP contribution in [-0.2, 0) is 12.6 Å². The highest BCUT2D eigenvalue weighted by Gasteiger charge is 2.30. The van der Waals surface area contributed by atoms with Crippen molar-refractivity contribution in [1.29, 1.82) is 5.26 Å². The summed E-state index contributed by atoms with van der Waals surface area (Å²) in [6, 6.07) is 13.3. The zero-order chi connectivity index (χ0) is 14.6. The van der Waals surface area contributed by atoms with E-state index in [0.717, 1.165) is 17.7 Å². The van der Waals surface area contributed by atoms with Crippen molar-refractivity contribution < 1.29 is 17.9 Å². The van der Waals surface area contributed by atoms with Crippen LogP contribution in [0.2, 0.25) is 0 Å². The molecule has 0 saturated heterocycles. The molecule has 0 aliphatic carbocycles. The molecule has 0 aliphatic heterocycles. The minimum atomic E-state index is -4.39. The summed E-state index contributed by atoms with van der Waals surface area (Å²) in [4.78, 5) is 0. The standard InChI is InChI=1S/C15H10F3NO/c16-15(17,18)12-2-1-3-14(10-12)20-13-6-4-11(5-7-13)8-9-19/h1-7,10H,8H2. The van der Waals surface area contributed by atoms with Gasteiger partial charge in [0.2, 0.25) is 0 Å². The van der Waals surface area contributed by atoms with Crippen molar-refractivity contribution in [3.8, 4) is 17.6 Å². The van der Waals surface area contributed by atoms with Crippen molar-refractivity contribution in [2.75, 3.05) is 0 Å². The van der Waals surface area contributed by atoms with Crippen LogP contribution in [0.25, 0.3) is 0 Å². The predicted molar refractivity (Wildman–Crippen MR) is 67.3 cm³/mol. The molecule has 2 nitrogen and oxygen atoms in total. The third kappa shape index (κ3) is 3.51. The molecule has 0 saturated carbocycles. The normalized spacial score (nSPS) is 10.9. The minimum Gasteiger partial charge on any atom is -0.457 e. The van der Waals surface area contributed by atoms with E-state index in [1.165, 1.54) is 12.1 Å². The van der Waals surface area contributed by atoms with Crippen molar-refractivity contribution in [1.82, 2.24) is 0 Å². The van der Waals surface area contributed by atoms with Crippen molar-refractivity contribution in [3.05, 3.63) is 59.7 Å². The Labute approximate surface area is 114 Å². The van der Waals surface area contributed by atoms with E-state index < -0.39 is 11.7 Å². The average Bonchev–Trinajstić information content (AvgIpc) is 2.41.